The summed E-state index contributed by atoms with van der Waals surface area (Å²) < 4.78 is 26.5. The Labute approximate surface area is 133 Å². The van der Waals surface area contributed by atoms with Crippen LogP contribution in [0.25, 0.3) is 0 Å². The number of hydrogen-bond acceptors (Lipinski definition) is 1. The van der Waals surface area contributed by atoms with Gasteiger partial charge in [0.2, 0.25) is 0 Å². The fourth-order valence-corrected chi connectivity index (χ4v) is 2.75. The first-order chi connectivity index (χ1) is 11.0. The monoisotopic (exact) mass is 310 g/mol. The zero-order valence-electron chi connectivity index (χ0n) is 12.6. The van der Waals surface area contributed by atoms with Crippen LogP contribution in [-0.2, 0) is 5.60 Å². The van der Waals surface area contributed by atoms with Crippen LogP contribution < -0.4 is 0 Å². The lowest BCUT2D eigenvalue weighted by atomic mass is 9.80. The van der Waals surface area contributed by atoms with Crippen molar-refractivity contribution in [3.8, 4) is 0 Å². The first-order valence-corrected chi connectivity index (χ1v) is 7.32. The number of aryl methyl sites for hydroxylation is 1. The van der Waals surface area contributed by atoms with Gasteiger partial charge >= 0.3 is 0 Å². The summed E-state index contributed by atoms with van der Waals surface area (Å²) in [7, 11) is 0. The third-order valence-corrected chi connectivity index (χ3v) is 3.96. The van der Waals surface area contributed by atoms with Gasteiger partial charge in [-0.05, 0) is 47.9 Å². The average molecular weight is 310 g/mol. The van der Waals surface area contributed by atoms with Crippen LogP contribution in [0, 0.1) is 18.6 Å². The predicted octanol–water partition coefficient (Wildman–Crippen LogP) is 4.56. The normalized spacial score (nSPS) is 11.5. The Morgan fingerprint density at radius 3 is 1.61 bits per heavy atom. The highest BCUT2D eigenvalue weighted by Crippen LogP contribution is 2.37. The molecule has 1 N–H and O–H groups in total. The lowest BCUT2D eigenvalue weighted by Gasteiger charge is -2.30. The zero-order chi connectivity index (χ0) is 16.4. The average Bonchev–Trinajstić information content (AvgIpc) is 2.55. The van der Waals surface area contributed by atoms with Gasteiger partial charge in [-0.1, -0.05) is 54.1 Å². The van der Waals surface area contributed by atoms with Gasteiger partial charge in [-0.15, -0.1) is 0 Å². The topological polar surface area (TPSA) is 20.2 Å². The summed E-state index contributed by atoms with van der Waals surface area (Å²) in [5.41, 5.74) is 1.21. The van der Waals surface area contributed by atoms with E-state index in [1.54, 1.807) is 30.3 Å². The fourth-order valence-electron chi connectivity index (χ4n) is 2.75. The van der Waals surface area contributed by atoms with Crippen LogP contribution in [0.2, 0.25) is 0 Å². The van der Waals surface area contributed by atoms with E-state index >= 15 is 0 Å². The molecule has 116 valence electrons. The van der Waals surface area contributed by atoms with E-state index in [1.165, 1.54) is 24.3 Å². The van der Waals surface area contributed by atoms with Gasteiger partial charge in [0.25, 0.3) is 0 Å². The maximum Gasteiger partial charge on any atom is 0.140 e. The van der Waals surface area contributed by atoms with Crippen molar-refractivity contribution in [3.63, 3.8) is 0 Å². The minimum Gasteiger partial charge on any atom is -0.376 e. The Hall–Kier alpha value is -2.52. The molecule has 0 aliphatic heterocycles. The summed E-state index contributed by atoms with van der Waals surface area (Å²) in [6, 6.07) is 18.8. The van der Waals surface area contributed by atoms with Crippen molar-refractivity contribution >= 4 is 0 Å². The Morgan fingerprint density at radius 1 is 0.696 bits per heavy atom. The molecule has 0 atom stereocenters. The van der Waals surface area contributed by atoms with E-state index in [2.05, 4.69) is 0 Å². The predicted molar refractivity (Wildman–Crippen MR) is 86.1 cm³/mol. The van der Waals surface area contributed by atoms with Crippen LogP contribution in [0.4, 0.5) is 8.78 Å². The van der Waals surface area contributed by atoms with E-state index in [9.17, 15) is 13.9 Å². The van der Waals surface area contributed by atoms with Crippen molar-refractivity contribution in [1.29, 1.82) is 0 Å². The van der Waals surface area contributed by atoms with Crippen LogP contribution in [0.3, 0.4) is 0 Å². The molecule has 0 aliphatic carbocycles. The second-order valence-electron chi connectivity index (χ2n) is 5.59. The van der Waals surface area contributed by atoms with Crippen molar-refractivity contribution in [2.24, 2.45) is 0 Å². The third kappa shape index (κ3) is 2.88. The molecule has 23 heavy (non-hydrogen) atoms. The molecule has 1 nitrogen and oxygen atoms in total. The highest BCUT2D eigenvalue weighted by molar-refractivity contribution is 5.47. The van der Waals surface area contributed by atoms with Gasteiger partial charge in [0.15, 0.2) is 0 Å². The number of hydrogen-bond donors (Lipinski definition) is 1. The first-order valence-electron chi connectivity index (χ1n) is 7.32. The third-order valence-electron chi connectivity index (χ3n) is 3.96. The lowest BCUT2D eigenvalue weighted by molar-refractivity contribution is 0.125. The molecule has 3 heteroatoms. The smallest absolute Gasteiger partial charge is 0.140 e. The van der Waals surface area contributed by atoms with Crippen LogP contribution in [0.15, 0.2) is 72.8 Å². The van der Waals surface area contributed by atoms with Crippen LogP contribution >= 0.6 is 0 Å². The van der Waals surface area contributed by atoms with Crippen molar-refractivity contribution in [1.82, 2.24) is 0 Å². The van der Waals surface area contributed by atoms with Gasteiger partial charge in [0, 0.05) is 0 Å². The standard InChI is InChI=1S/C20H16F2O/c1-14-3-2-4-17(13-14)20(23,15-5-9-18(21)10-6-15)16-7-11-19(22)12-8-16/h2-13,23H,1H3. The second-order valence-corrected chi connectivity index (χ2v) is 5.59. The van der Waals surface area contributed by atoms with Gasteiger partial charge in [0.1, 0.15) is 17.2 Å². The first kappa shape index (κ1) is 15.4. The molecule has 0 fully saturated rings. The minimum absolute atomic E-state index is 0.376. The van der Waals surface area contributed by atoms with Gasteiger partial charge < -0.3 is 5.11 Å². The van der Waals surface area contributed by atoms with Crippen LogP contribution in [0.1, 0.15) is 22.3 Å². The van der Waals surface area contributed by atoms with Crippen molar-refractivity contribution in [3.05, 3.63) is 107 Å². The number of halogens is 2. The van der Waals surface area contributed by atoms with E-state index in [-0.39, 0.29) is 11.6 Å². The van der Waals surface area contributed by atoms with E-state index in [1.807, 2.05) is 25.1 Å². The quantitative estimate of drug-likeness (QED) is 0.703. The Bertz CT molecular complexity index is 762. The summed E-state index contributed by atoms with van der Waals surface area (Å²) in [6.45, 7) is 1.93. The van der Waals surface area contributed by atoms with Gasteiger partial charge in [-0.25, -0.2) is 8.78 Å². The van der Waals surface area contributed by atoms with Gasteiger partial charge in [-0.2, -0.15) is 0 Å². The summed E-state index contributed by atoms with van der Waals surface area (Å²) >= 11 is 0. The lowest BCUT2D eigenvalue weighted by Crippen LogP contribution is -2.29. The molecule has 0 unspecified atom stereocenters. The molecular weight excluding hydrogens is 294 g/mol. The summed E-state index contributed by atoms with van der Waals surface area (Å²) in [4.78, 5) is 0. The zero-order valence-corrected chi connectivity index (χ0v) is 12.6. The Balaban J connectivity index is 2.24. The molecule has 0 bridgehead atoms. The largest absolute Gasteiger partial charge is 0.376 e. The molecule has 0 amide bonds. The van der Waals surface area contributed by atoms with Gasteiger partial charge in [0.05, 0.1) is 0 Å². The minimum atomic E-state index is -1.48. The number of benzene rings is 3. The SMILES string of the molecule is Cc1cccc(C(O)(c2ccc(F)cc2)c2ccc(F)cc2)c1. The second kappa shape index (κ2) is 5.94. The molecule has 0 saturated heterocycles. The maximum atomic E-state index is 13.3. The summed E-state index contributed by atoms with van der Waals surface area (Å²) in [6.07, 6.45) is 0. The van der Waals surface area contributed by atoms with E-state index in [0.717, 1.165) is 5.56 Å². The summed E-state index contributed by atoms with van der Waals surface area (Å²) in [5, 5.41) is 11.5. The molecule has 0 aromatic heterocycles. The van der Waals surface area contributed by atoms with Crippen LogP contribution in [0.5, 0.6) is 0 Å². The molecule has 0 heterocycles. The molecule has 3 aromatic carbocycles. The molecule has 0 radical (unpaired) electrons. The van der Waals surface area contributed by atoms with Crippen molar-refractivity contribution < 1.29 is 13.9 Å². The number of aliphatic hydroxyl groups is 1. The number of rotatable bonds is 3. The Kier molecular flexibility index (Phi) is 3.97. The maximum absolute atomic E-state index is 13.3. The van der Waals surface area contributed by atoms with E-state index in [0.29, 0.717) is 16.7 Å². The fraction of sp³-hybridized carbons (Fsp3) is 0.100. The highest BCUT2D eigenvalue weighted by atomic mass is 19.1. The molecule has 0 spiro atoms. The Morgan fingerprint density at radius 2 is 1.17 bits per heavy atom. The van der Waals surface area contributed by atoms with Crippen molar-refractivity contribution in [2.45, 2.75) is 12.5 Å². The van der Waals surface area contributed by atoms with Crippen LogP contribution in [-0.4, -0.2) is 5.11 Å². The van der Waals surface area contributed by atoms with Gasteiger partial charge in [-0.3, -0.25) is 0 Å². The summed E-state index contributed by atoms with van der Waals surface area (Å²) in [5.74, 6) is -0.751. The van der Waals surface area contributed by atoms with E-state index in [4.69, 9.17) is 0 Å². The highest BCUT2D eigenvalue weighted by Gasteiger charge is 2.33. The molecular formula is C20H16F2O. The molecule has 0 aliphatic rings. The molecule has 0 saturated carbocycles. The molecule has 3 aromatic rings. The van der Waals surface area contributed by atoms with Crippen molar-refractivity contribution in [2.75, 3.05) is 0 Å². The molecule has 3 rings (SSSR count). The van der Waals surface area contributed by atoms with E-state index < -0.39 is 5.60 Å².